The number of ether oxygens (including phenoxy) is 3. The molecule has 0 aliphatic rings. The van der Waals surface area contributed by atoms with Gasteiger partial charge in [0.05, 0.1) is 20.8 Å². The highest BCUT2D eigenvalue weighted by atomic mass is 16.5. The van der Waals surface area contributed by atoms with E-state index in [-0.39, 0.29) is 5.91 Å². The predicted octanol–water partition coefficient (Wildman–Crippen LogP) is 4.38. The molecule has 0 saturated heterocycles. The number of amides is 1. The molecule has 0 saturated carbocycles. The number of hydrogen-bond acceptors (Lipinski definition) is 5. The molecule has 168 valence electrons. The third kappa shape index (κ3) is 5.59. The maximum absolute atomic E-state index is 13.4. The summed E-state index contributed by atoms with van der Waals surface area (Å²) in [6.07, 6.45) is 0.626. The molecule has 0 radical (unpaired) electrons. The summed E-state index contributed by atoms with van der Waals surface area (Å²) < 4.78 is 16.3. The first-order valence-corrected chi connectivity index (χ1v) is 10.6. The Morgan fingerprint density at radius 3 is 2.25 bits per heavy atom. The number of rotatable bonds is 10. The van der Waals surface area contributed by atoms with E-state index >= 15 is 0 Å². The molecule has 0 bridgehead atoms. The number of anilines is 1. The first kappa shape index (κ1) is 23.2. The Kier molecular flexibility index (Phi) is 8.11. The van der Waals surface area contributed by atoms with Crippen molar-refractivity contribution in [3.05, 3.63) is 83.9 Å². The zero-order valence-corrected chi connectivity index (χ0v) is 18.8. The Labute approximate surface area is 189 Å². The lowest BCUT2D eigenvalue weighted by Crippen LogP contribution is -2.40. The second-order valence-corrected chi connectivity index (χ2v) is 7.24. The van der Waals surface area contributed by atoms with Crippen molar-refractivity contribution in [3.8, 4) is 17.2 Å². The Morgan fingerprint density at radius 1 is 0.938 bits per heavy atom. The smallest absolute Gasteiger partial charge is 0.248 e. The highest BCUT2D eigenvalue weighted by molar-refractivity contribution is 5.97. The van der Waals surface area contributed by atoms with Crippen molar-refractivity contribution in [3.63, 3.8) is 0 Å². The van der Waals surface area contributed by atoms with Gasteiger partial charge in [0.15, 0.2) is 11.5 Å². The fraction of sp³-hybridized carbons (Fsp3) is 0.269. The van der Waals surface area contributed by atoms with Crippen LogP contribution in [-0.4, -0.2) is 33.3 Å². The lowest BCUT2D eigenvalue weighted by atomic mass is 10.1. The largest absolute Gasteiger partial charge is 0.494 e. The van der Waals surface area contributed by atoms with Gasteiger partial charge >= 0.3 is 0 Å². The van der Waals surface area contributed by atoms with Crippen molar-refractivity contribution in [1.82, 2.24) is 0 Å². The molecule has 1 atom stereocenters. The zero-order chi connectivity index (χ0) is 22.9. The molecule has 3 aromatic carbocycles. The molecule has 3 rings (SSSR count). The summed E-state index contributed by atoms with van der Waals surface area (Å²) in [5.74, 6) is 1.92. The summed E-state index contributed by atoms with van der Waals surface area (Å²) in [4.78, 5) is 15.2. The van der Waals surface area contributed by atoms with E-state index in [2.05, 4.69) is 0 Å². The van der Waals surface area contributed by atoms with Crippen LogP contribution in [-0.2, 0) is 11.2 Å². The predicted molar refractivity (Wildman–Crippen MR) is 127 cm³/mol. The maximum atomic E-state index is 13.4. The van der Waals surface area contributed by atoms with Crippen molar-refractivity contribution < 1.29 is 19.0 Å². The van der Waals surface area contributed by atoms with Crippen LogP contribution >= 0.6 is 0 Å². The first-order valence-electron chi connectivity index (χ1n) is 10.6. The molecule has 32 heavy (non-hydrogen) atoms. The highest BCUT2D eigenvalue weighted by Gasteiger charge is 2.24. The van der Waals surface area contributed by atoms with E-state index in [1.807, 2.05) is 79.7 Å². The van der Waals surface area contributed by atoms with Crippen LogP contribution in [0.2, 0.25) is 0 Å². The third-order valence-corrected chi connectivity index (χ3v) is 5.22. The SMILES string of the molecule is CCOc1ccc(N(CCc2ccc(OC)c(OC)c2)C(=O)C(N)c2ccccc2)cc1. The topological polar surface area (TPSA) is 74.0 Å². The quantitative estimate of drug-likeness (QED) is 0.513. The second-order valence-electron chi connectivity index (χ2n) is 7.24. The van der Waals surface area contributed by atoms with Gasteiger partial charge < -0.3 is 24.8 Å². The molecule has 2 N–H and O–H groups in total. The van der Waals surface area contributed by atoms with Crippen molar-refractivity contribution in [2.45, 2.75) is 19.4 Å². The minimum atomic E-state index is -0.756. The fourth-order valence-corrected chi connectivity index (χ4v) is 3.50. The van der Waals surface area contributed by atoms with Gasteiger partial charge in [-0.05, 0) is 60.9 Å². The molecule has 1 amide bonds. The van der Waals surface area contributed by atoms with E-state index in [0.29, 0.717) is 31.1 Å². The molecule has 0 aromatic heterocycles. The zero-order valence-electron chi connectivity index (χ0n) is 18.8. The van der Waals surface area contributed by atoms with Crippen molar-refractivity contribution >= 4 is 11.6 Å². The summed E-state index contributed by atoms with van der Waals surface area (Å²) in [6, 6.07) is 21.9. The Balaban J connectivity index is 1.85. The van der Waals surface area contributed by atoms with Crippen LogP contribution in [0.1, 0.15) is 24.1 Å². The molecule has 0 spiro atoms. The maximum Gasteiger partial charge on any atom is 0.248 e. The summed E-state index contributed by atoms with van der Waals surface area (Å²) in [5, 5.41) is 0. The van der Waals surface area contributed by atoms with Gasteiger partial charge in [-0.25, -0.2) is 0 Å². The van der Waals surface area contributed by atoms with Gasteiger partial charge in [0.2, 0.25) is 5.91 Å². The van der Waals surface area contributed by atoms with Gasteiger partial charge in [-0.3, -0.25) is 4.79 Å². The molecule has 1 unspecified atom stereocenters. The highest BCUT2D eigenvalue weighted by Crippen LogP contribution is 2.28. The average molecular weight is 435 g/mol. The van der Waals surface area contributed by atoms with Crippen LogP contribution in [0.25, 0.3) is 0 Å². The Hall–Kier alpha value is -3.51. The van der Waals surface area contributed by atoms with Crippen molar-refractivity contribution in [2.75, 3.05) is 32.3 Å². The minimum Gasteiger partial charge on any atom is -0.494 e. The molecule has 0 aliphatic heterocycles. The third-order valence-electron chi connectivity index (χ3n) is 5.22. The van der Waals surface area contributed by atoms with E-state index in [0.717, 1.165) is 22.6 Å². The lowest BCUT2D eigenvalue weighted by Gasteiger charge is -2.26. The molecular weight excluding hydrogens is 404 g/mol. The fourth-order valence-electron chi connectivity index (χ4n) is 3.50. The number of nitrogens with two attached hydrogens (primary N) is 1. The van der Waals surface area contributed by atoms with E-state index in [4.69, 9.17) is 19.9 Å². The van der Waals surface area contributed by atoms with E-state index in [1.165, 1.54) is 0 Å². The molecule has 0 aliphatic carbocycles. The van der Waals surface area contributed by atoms with E-state index in [9.17, 15) is 4.79 Å². The van der Waals surface area contributed by atoms with Crippen LogP contribution in [0.5, 0.6) is 17.2 Å². The van der Waals surface area contributed by atoms with Crippen LogP contribution in [0.3, 0.4) is 0 Å². The molecule has 6 heteroatoms. The number of nitrogens with zero attached hydrogens (tertiary/aromatic N) is 1. The van der Waals surface area contributed by atoms with Crippen LogP contribution < -0.4 is 24.8 Å². The minimum absolute atomic E-state index is 0.166. The van der Waals surface area contributed by atoms with Crippen LogP contribution in [0, 0.1) is 0 Å². The number of methoxy groups -OCH3 is 2. The van der Waals surface area contributed by atoms with Crippen molar-refractivity contribution in [2.24, 2.45) is 5.73 Å². The van der Waals surface area contributed by atoms with Gasteiger partial charge in [-0.1, -0.05) is 36.4 Å². The Bertz CT molecular complexity index is 1010. The standard InChI is InChI=1S/C26H30N2O4/c1-4-32-22-13-11-21(12-14-22)28(26(29)25(27)20-8-6-5-7-9-20)17-16-19-10-15-23(30-2)24(18-19)31-3/h5-15,18,25H,4,16-17,27H2,1-3H3. The molecule has 3 aromatic rings. The Morgan fingerprint density at radius 2 is 1.62 bits per heavy atom. The monoisotopic (exact) mass is 434 g/mol. The number of hydrogen-bond donors (Lipinski definition) is 1. The van der Waals surface area contributed by atoms with Crippen LogP contribution in [0.15, 0.2) is 72.8 Å². The second kappa shape index (κ2) is 11.2. The van der Waals surface area contributed by atoms with E-state index < -0.39 is 6.04 Å². The molecule has 0 heterocycles. The van der Waals surface area contributed by atoms with E-state index in [1.54, 1.807) is 19.1 Å². The van der Waals surface area contributed by atoms with Gasteiger partial charge in [-0.15, -0.1) is 0 Å². The molecular formula is C26H30N2O4. The number of carbonyl (C=O) groups excluding carboxylic acids is 1. The summed E-state index contributed by atoms with van der Waals surface area (Å²) >= 11 is 0. The normalized spacial score (nSPS) is 11.5. The van der Waals surface area contributed by atoms with Crippen molar-refractivity contribution in [1.29, 1.82) is 0 Å². The number of carbonyl (C=O) groups is 1. The van der Waals surface area contributed by atoms with Gasteiger partial charge in [0.1, 0.15) is 11.8 Å². The molecule has 6 nitrogen and oxygen atoms in total. The summed E-state index contributed by atoms with van der Waals surface area (Å²) in [6.45, 7) is 2.98. The average Bonchev–Trinajstić information content (AvgIpc) is 2.85. The molecule has 0 fully saturated rings. The summed E-state index contributed by atoms with van der Waals surface area (Å²) in [5.41, 5.74) is 8.93. The van der Waals surface area contributed by atoms with Gasteiger partial charge in [0.25, 0.3) is 0 Å². The number of benzene rings is 3. The van der Waals surface area contributed by atoms with Gasteiger partial charge in [-0.2, -0.15) is 0 Å². The van der Waals surface area contributed by atoms with Crippen LogP contribution in [0.4, 0.5) is 5.69 Å². The first-order chi connectivity index (χ1) is 15.6. The lowest BCUT2D eigenvalue weighted by molar-refractivity contribution is -0.120. The van der Waals surface area contributed by atoms with Gasteiger partial charge in [0, 0.05) is 12.2 Å². The summed E-state index contributed by atoms with van der Waals surface area (Å²) in [7, 11) is 3.21.